The second-order valence-electron chi connectivity index (χ2n) is 5.26. The maximum absolute atomic E-state index is 5.76. The lowest BCUT2D eigenvalue weighted by atomic mass is 10.0. The highest BCUT2D eigenvalue weighted by Gasteiger charge is 2.21. The number of hydrogen-bond acceptors (Lipinski definition) is 2. The summed E-state index contributed by atoms with van der Waals surface area (Å²) in [6, 6.07) is 12.6. The van der Waals surface area contributed by atoms with Gasteiger partial charge in [0.1, 0.15) is 17.6 Å². The minimum Gasteiger partial charge on any atom is -0.496 e. The number of hydrogen-bond donors (Lipinski definition) is 0. The fourth-order valence-corrected chi connectivity index (χ4v) is 3.76. The molecule has 2 aromatic rings. The van der Waals surface area contributed by atoms with Gasteiger partial charge < -0.3 is 9.47 Å². The Bertz CT molecular complexity index is 670. The number of benzene rings is 2. The minimum atomic E-state index is 0.154. The van der Waals surface area contributed by atoms with E-state index in [1.807, 2.05) is 6.07 Å². The number of fused-ring (bicyclic) bond motifs is 1. The first-order chi connectivity index (χ1) is 10.1. The Morgan fingerprint density at radius 2 is 1.90 bits per heavy atom. The van der Waals surface area contributed by atoms with Crippen LogP contribution in [-0.2, 0) is 6.42 Å². The first-order valence-electron chi connectivity index (χ1n) is 6.85. The van der Waals surface area contributed by atoms with Crippen LogP contribution in [0.25, 0.3) is 0 Å². The zero-order valence-electron chi connectivity index (χ0n) is 11.9. The summed E-state index contributed by atoms with van der Waals surface area (Å²) in [5, 5.41) is 0. The van der Waals surface area contributed by atoms with Crippen LogP contribution in [0.5, 0.6) is 11.5 Å². The predicted molar refractivity (Wildman–Crippen MR) is 91.7 cm³/mol. The van der Waals surface area contributed by atoms with Crippen molar-refractivity contribution in [2.24, 2.45) is 0 Å². The molecule has 4 heteroatoms. The Hall–Kier alpha value is -1.00. The van der Waals surface area contributed by atoms with Crippen LogP contribution in [0.1, 0.15) is 28.4 Å². The molecule has 0 aliphatic carbocycles. The molecule has 1 aliphatic heterocycles. The fourth-order valence-electron chi connectivity index (χ4n) is 2.63. The topological polar surface area (TPSA) is 18.5 Å². The van der Waals surface area contributed by atoms with E-state index >= 15 is 0 Å². The summed E-state index contributed by atoms with van der Waals surface area (Å²) < 4.78 is 12.0. The summed E-state index contributed by atoms with van der Waals surface area (Å²) in [5.41, 5.74) is 3.72. The van der Waals surface area contributed by atoms with Crippen molar-refractivity contribution in [2.75, 3.05) is 7.11 Å². The van der Waals surface area contributed by atoms with E-state index in [4.69, 9.17) is 9.47 Å². The summed E-state index contributed by atoms with van der Waals surface area (Å²) in [6.07, 6.45) is 1.26. The number of rotatable bonds is 3. The lowest BCUT2D eigenvalue weighted by Crippen LogP contribution is -2.05. The van der Waals surface area contributed by atoms with Gasteiger partial charge in [0.05, 0.1) is 16.4 Å². The average Bonchev–Trinajstić information content (AvgIpc) is 2.85. The van der Waals surface area contributed by atoms with Crippen molar-refractivity contribution in [2.45, 2.75) is 24.3 Å². The second-order valence-corrected chi connectivity index (χ2v) is 7.03. The SMILES string of the molecule is COc1ccc(C(Br)c2ccc3c(c2)CC(C)O3)cc1Br. The van der Waals surface area contributed by atoms with Crippen LogP contribution >= 0.6 is 31.9 Å². The molecule has 21 heavy (non-hydrogen) atoms. The third kappa shape index (κ3) is 2.97. The minimum absolute atomic E-state index is 0.154. The van der Waals surface area contributed by atoms with Crippen LogP contribution in [0.2, 0.25) is 0 Å². The molecule has 0 amide bonds. The highest BCUT2D eigenvalue weighted by atomic mass is 79.9. The molecule has 0 fully saturated rings. The summed E-state index contributed by atoms with van der Waals surface area (Å²) in [7, 11) is 1.67. The molecule has 2 nitrogen and oxygen atoms in total. The molecule has 1 heterocycles. The van der Waals surface area contributed by atoms with Gasteiger partial charge in [0.2, 0.25) is 0 Å². The van der Waals surface area contributed by atoms with Crippen LogP contribution in [-0.4, -0.2) is 13.2 Å². The molecule has 2 atom stereocenters. The van der Waals surface area contributed by atoms with Gasteiger partial charge in [0, 0.05) is 6.42 Å². The predicted octanol–water partition coefficient (Wildman–Crippen LogP) is 5.27. The summed E-state index contributed by atoms with van der Waals surface area (Å²) in [5.74, 6) is 1.86. The third-order valence-electron chi connectivity index (χ3n) is 3.68. The van der Waals surface area contributed by atoms with Crippen LogP contribution in [0, 0.1) is 0 Å². The normalized spacial score (nSPS) is 18.0. The van der Waals surface area contributed by atoms with Crippen molar-refractivity contribution >= 4 is 31.9 Å². The monoisotopic (exact) mass is 410 g/mol. The van der Waals surface area contributed by atoms with Gasteiger partial charge in [0.25, 0.3) is 0 Å². The number of halogens is 2. The Balaban J connectivity index is 1.90. The largest absolute Gasteiger partial charge is 0.496 e. The maximum atomic E-state index is 5.76. The second kappa shape index (κ2) is 6.01. The van der Waals surface area contributed by atoms with Gasteiger partial charge in [-0.2, -0.15) is 0 Å². The van der Waals surface area contributed by atoms with Crippen LogP contribution < -0.4 is 9.47 Å². The molecular formula is C17H16Br2O2. The molecule has 2 aromatic carbocycles. The quantitative estimate of drug-likeness (QED) is 0.641. The third-order valence-corrected chi connectivity index (χ3v) is 5.36. The van der Waals surface area contributed by atoms with E-state index in [0.717, 1.165) is 22.4 Å². The van der Waals surface area contributed by atoms with Crippen LogP contribution in [0.4, 0.5) is 0 Å². The lowest BCUT2D eigenvalue weighted by molar-refractivity contribution is 0.254. The van der Waals surface area contributed by atoms with Gasteiger partial charge in [-0.25, -0.2) is 0 Å². The Labute approximate surface area is 141 Å². The van der Waals surface area contributed by atoms with Crippen molar-refractivity contribution in [3.05, 3.63) is 57.6 Å². The number of methoxy groups -OCH3 is 1. The van der Waals surface area contributed by atoms with E-state index in [1.165, 1.54) is 16.7 Å². The molecular weight excluding hydrogens is 396 g/mol. The number of alkyl halides is 1. The highest BCUT2D eigenvalue weighted by Crippen LogP contribution is 2.38. The van der Waals surface area contributed by atoms with Crippen molar-refractivity contribution in [1.29, 1.82) is 0 Å². The van der Waals surface area contributed by atoms with Crippen LogP contribution in [0.15, 0.2) is 40.9 Å². The molecule has 0 N–H and O–H groups in total. The zero-order valence-corrected chi connectivity index (χ0v) is 15.1. The molecule has 0 saturated heterocycles. The average molecular weight is 412 g/mol. The van der Waals surface area contributed by atoms with Crippen LogP contribution in [0.3, 0.4) is 0 Å². The van der Waals surface area contributed by atoms with Crippen molar-refractivity contribution in [3.63, 3.8) is 0 Å². The van der Waals surface area contributed by atoms with E-state index in [2.05, 4.69) is 69.1 Å². The standard InChI is InChI=1S/C17H16Br2O2/c1-10-7-13-8-11(3-5-15(13)21-10)17(19)12-4-6-16(20-2)14(18)9-12/h3-6,8-10,17H,7H2,1-2H3. The van der Waals surface area contributed by atoms with E-state index in [0.29, 0.717) is 0 Å². The smallest absolute Gasteiger partial charge is 0.133 e. The molecule has 3 rings (SSSR count). The van der Waals surface area contributed by atoms with Gasteiger partial charge in [-0.1, -0.05) is 34.1 Å². The van der Waals surface area contributed by atoms with Gasteiger partial charge in [-0.3, -0.25) is 0 Å². The Kier molecular flexibility index (Phi) is 4.27. The summed E-state index contributed by atoms with van der Waals surface area (Å²) in [4.78, 5) is 0.154. The van der Waals surface area contributed by atoms with Crippen molar-refractivity contribution in [1.82, 2.24) is 0 Å². The molecule has 0 spiro atoms. The molecule has 0 radical (unpaired) electrons. The maximum Gasteiger partial charge on any atom is 0.133 e. The van der Waals surface area contributed by atoms with Crippen molar-refractivity contribution < 1.29 is 9.47 Å². The first kappa shape index (κ1) is 14.9. The Morgan fingerprint density at radius 3 is 2.62 bits per heavy atom. The van der Waals surface area contributed by atoms with Crippen molar-refractivity contribution in [3.8, 4) is 11.5 Å². The van der Waals surface area contributed by atoms with E-state index in [9.17, 15) is 0 Å². The zero-order chi connectivity index (χ0) is 15.0. The molecule has 1 aliphatic rings. The molecule has 0 bridgehead atoms. The molecule has 0 saturated carbocycles. The van der Waals surface area contributed by atoms with Gasteiger partial charge in [-0.05, 0) is 57.7 Å². The van der Waals surface area contributed by atoms with E-state index in [1.54, 1.807) is 7.11 Å². The van der Waals surface area contributed by atoms with Gasteiger partial charge >= 0.3 is 0 Å². The first-order valence-corrected chi connectivity index (χ1v) is 8.56. The van der Waals surface area contributed by atoms with E-state index < -0.39 is 0 Å². The number of ether oxygens (including phenoxy) is 2. The summed E-state index contributed by atoms with van der Waals surface area (Å²) >= 11 is 7.34. The van der Waals surface area contributed by atoms with Gasteiger partial charge in [0.15, 0.2) is 0 Å². The molecule has 2 unspecified atom stereocenters. The lowest BCUT2D eigenvalue weighted by Gasteiger charge is -2.13. The van der Waals surface area contributed by atoms with E-state index in [-0.39, 0.29) is 10.9 Å². The molecule has 0 aromatic heterocycles. The summed E-state index contributed by atoms with van der Waals surface area (Å²) in [6.45, 7) is 2.10. The highest BCUT2D eigenvalue weighted by molar-refractivity contribution is 9.10. The fraction of sp³-hybridized carbons (Fsp3) is 0.294. The van der Waals surface area contributed by atoms with Gasteiger partial charge in [-0.15, -0.1) is 0 Å². The Morgan fingerprint density at radius 1 is 1.19 bits per heavy atom. The molecule has 110 valence electrons.